The fourth-order valence-corrected chi connectivity index (χ4v) is 2.58. The zero-order chi connectivity index (χ0) is 18.5. The molecule has 0 aliphatic carbocycles. The van der Waals surface area contributed by atoms with Crippen LogP contribution in [0.2, 0.25) is 0 Å². The number of ether oxygens (including phenoxy) is 3. The molecule has 1 aromatic carbocycles. The molecule has 2 rings (SSSR count). The van der Waals surface area contributed by atoms with E-state index in [0.29, 0.717) is 31.7 Å². The van der Waals surface area contributed by atoms with E-state index in [2.05, 4.69) is 5.32 Å². The zero-order valence-corrected chi connectivity index (χ0v) is 15.0. The lowest BCUT2D eigenvalue weighted by atomic mass is 9.79. The molecule has 1 amide bonds. The van der Waals surface area contributed by atoms with Gasteiger partial charge in [0.25, 0.3) is 0 Å². The molecule has 1 aromatic rings. The lowest BCUT2D eigenvalue weighted by Crippen LogP contribution is -2.46. The maximum absolute atomic E-state index is 12.6. The molecule has 0 atom stereocenters. The van der Waals surface area contributed by atoms with Crippen molar-refractivity contribution in [2.45, 2.75) is 19.0 Å². The van der Waals surface area contributed by atoms with Gasteiger partial charge in [-0.2, -0.15) is 13.2 Å². The summed E-state index contributed by atoms with van der Waals surface area (Å²) in [5.74, 6) is -0.251. The van der Waals surface area contributed by atoms with Gasteiger partial charge in [-0.25, -0.2) is 0 Å². The van der Waals surface area contributed by atoms with Crippen molar-refractivity contribution < 1.29 is 32.2 Å². The number of carbonyl (C=O) groups excluding carboxylic acids is 1. The number of rotatable bonds is 6. The fourth-order valence-electron chi connectivity index (χ4n) is 2.58. The third-order valence-corrected chi connectivity index (χ3v) is 4.14. The summed E-state index contributed by atoms with van der Waals surface area (Å²) >= 11 is 0. The first kappa shape index (κ1) is 22.3. The molecule has 1 heterocycles. The largest absolute Gasteiger partial charge is 0.493 e. The monoisotopic (exact) mass is 398 g/mol. The van der Waals surface area contributed by atoms with E-state index in [0.717, 1.165) is 0 Å². The number of methoxy groups -OCH3 is 1. The van der Waals surface area contributed by atoms with Gasteiger partial charge < -0.3 is 25.3 Å². The molecule has 10 heteroatoms. The lowest BCUT2D eigenvalue weighted by Gasteiger charge is -2.34. The first-order valence-corrected chi connectivity index (χ1v) is 7.76. The zero-order valence-electron chi connectivity index (χ0n) is 14.2. The molecular weight excluding hydrogens is 377 g/mol. The third-order valence-electron chi connectivity index (χ3n) is 4.14. The molecule has 1 fully saturated rings. The summed E-state index contributed by atoms with van der Waals surface area (Å²) in [6.07, 6.45) is -3.50. The topological polar surface area (TPSA) is 82.8 Å². The Morgan fingerprint density at radius 1 is 1.31 bits per heavy atom. The third kappa shape index (κ3) is 5.65. The van der Waals surface area contributed by atoms with E-state index in [4.69, 9.17) is 19.9 Å². The van der Waals surface area contributed by atoms with Crippen LogP contribution in [0, 0.1) is 5.41 Å². The Labute approximate surface area is 155 Å². The van der Waals surface area contributed by atoms with E-state index in [1.54, 1.807) is 0 Å². The minimum Gasteiger partial charge on any atom is -0.493 e. The number of anilines is 1. The van der Waals surface area contributed by atoms with Crippen LogP contribution in [0.1, 0.15) is 12.8 Å². The van der Waals surface area contributed by atoms with Gasteiger partial charge in [0.15, 0.2) is 18.1 Å². The SMILES string of the molecule is COc1ccc(NC(=O)C2(CN)CCOCC2)cc1OCC(F)(F)F.Cl. The van der Waals surface area contributed by atoms with Gasteiger partial charge in [0.05, 0.1) is 12.5 Å². The highest BCUT2D eigenvalue weighted by Crippen LogP contribution is 2.34. The maximum atomic E-state index is 12.6. The number of nitrogens with one attached hydrogen (secondary N) is 1. The highest BCUT2D eigenvalue weighted by Gasteiger charge is 2.39. The number of hydrogen-bond donors (Lipinski definition) is 2. The quantitative estimate of drug-likeness (QED) is 0.770. The van der Waals surface area contributed by atoms with Gasteiger partial charge in [-0.3, -0.25) is 4.79 Å². The number of nitrogens with two attached hydrogens (primary N) is 1. The van der Waals surface area contributed by atoms with E-state index >= 15 is 0 Å². The van der Waals surface area contributed by atoms with Gasteiger partial charge >= 0.3 is 6.18 Å². The Kier molecular flexibility index (Phi) is 7.98. The molecule has 1 aliphatic heterocycles. The molecule has 0 aromatic heterocycles. The first-order valence-electron chi connectivity index (χ1n) is 7.76. The molecule has 1 saturated heterocycles. The summed E-state index contributed by atoms with van der Waals surface area (Å²) < 4.78 is 52.1. The van der Waals surface area contributed by atoms with Crippen molar-refractivity contribution in [1.82, 2.24) is 0 Å². The van der Waals surface area contributed by atoms with Crippen LogP contribution >= 0.6 is 12.4 Å². The normalized spacial score (nSPS) is 16.3. The van der Waals surface area contributed by atoms with Gasteiger partial charge in [0, 0.05) is 31.5 Å². The highest BCUT2D eigenvalue weighted by molar-refractivity contribution is 5.95. The summed E-state index contributed by atoms with van der Waals surface area (Å²) in [7, 11) is 1.32. The Balaban J connectivity index is 0.00000338. The van der Waals surface area contributed by atoms with Crippen molar-refractivity contribution in [3.8, 4) is 11.5 Å². The Morgan fingerprint density at radius 3 is 2.50 bits per heavy atom. The van der Waals surface area contributed by atoms with Gasteiger partial charge in [0.2, 0.25) is 5.91 Å². The fraction of sp³-hybridized carbons (Fsp3) is 0.562. The van der Waals surface area contributed by atoms with Crippen molar-refractivity contribution in [1.29, 1.82) is 0 Å². The number of benzene rings is 1. The van der Waals surface area contributed by atoms with Crippen molar-refractivity contribution in [3.05, 3.63) is 18.2 Å². The van der Waals surface area contributed by atoms with Crippen molar-refractivity contribution in [2.75, 3.05) is 38.8 Å². The van der Waals surface area contributed by atoms with Gasteiger partial charge in [0.1, 0.15) is 0 Å². The van der Waals surface area contributed by atoms with Crippen molar-refractivity contribution >= 4 is 24.0 Å². The average Bonchev–Trinajstić information content (AvgIpc) is 2.60. The molecule has 0 unspecified atom stereocenters. The van der Waals surface area contributed by atoms with E-state index < -0.39 is 18.2 Å². The molecule has 0 spiro atoms. The van der Waals surface area contributed by atoms with Crippen molar-refractivity contribution in [2.24, 2.45) is 11.1 Å². The number of halogens is 4. The van der Waals surface area contributed by atoms with Gasteiger partial charge in [-0.15, -0.1) is 12.4 Å². The van der Waals surface area contributed by atoms with Crippen LogP contribution in [0.25, 0.3) is 0 Å². The molecule has 1 aliphatic rings. The predicted octanol–water partition coefficient (Wildman–Crippen LogP) is 2.75. The second-order valence-electron chi connectivity index (χ2n) is 5.82. The van der Waals surface area contributed by atoms with Gasteiger partial charge in [-0.1, -0.05) is 0 Å². The summed E-state index contributed by atoms with van der Waals surface area (Å²) in [4.78, 5) is 12.6. The lowest BCUT2D eigenvalue weighted by molar-refractivity contribution is -0.153. The van der Waals surface area contributed by atoms with Crippen LogP contribution in [0.3, 0.4) is 0 Å². The number of alkyl halides is 3. The Hall–Kier alpha value is -1.71. The number of carbonyl (C=O) groups is 1. The summed E-state index contributed by atoms with van der Waals surface area (Å²) in [5.41, 5.74) is 5.34. The van der Waals surface area contributed by atoms with E-state index in [1.165, 1.54) is 25.3 Å². The molecule has 26 heavy (non-hydrogen) atoms. The van der Waals surface area contributed by atoms with E-state index in [1.807, 2.05) is 0 Å². The second-order valence-corrected chi connectivity index (χ2v) is 5.82. The minimum absolute atomic E-state index is 0. The standard InChI is InChI=1S/C16H21F3N2O4.ClH/c1-23-12-3-2-11(8-13(12)25-10-16(17,18)19)21-14(22)15(9-20)4-6-24-7-5-15;/h2-3,8H,4-7,9-10,20H2,1H3,(H,21,22);1H. The summed E-state index contributed by atoms with van der Waals surface area (Å²) in [6, 6.07) is 4.26. The van der Waals surface area contributed by atoms with Crippen molar-refractivity contribution in [3.63, 3.8) is 0 Å². The van der Waals surface area contributed by atoms with E-state index in [9.17, 15) is 18.0 Å². The highest BCUT2D eigenvalue weighted by atomic mass is 35.5. The van der Waals surface area contributed by atoms with Crippen LogP contribution in [0.5, 0.6) is 11.5 Å². The second kappa shape index (κ2) is 9.29. The average molecular weight is 399 g/mol. The molecule has 148 valence electrons. The maximum Gasteiger partial charge on any atom is 0.422 e. The number of amides is 1. The summed E-state index contributed by atoms with van der Waals surface area (Å²) in [5, 5.41) is 2.70. The molecule has 0 saturated carbocycles. The molecule has 3 N–H and O–H groups in total. The molecule has 0 bridgehead atoms. The predicted molar refractivity (Wildman–Crippen MR) is 92.0 cm³/mol. The van der Waals surface area contributed by atoms with Crippen LogP contribution in [0.4, 0.5) is 18.9 Å². The Bertz CT molecular complexity index is 608. The van der Waals surface area contributed by atoms with Crippen LogP contribution in [0.15, 0.2) is 18.2 Å². The van der Waals surface area contributed by atoms with Crippen LogP contribution in [-0.2, 0) is 9.53 Å². The van der Waals surface area contributed by atoms with Crippen LogP contribution < -0.4 is 20.5 Å². The first-order chi connectivity index (χ1) is 11.8. The number of hydrogen-bond acceptors (Lipinski definition) is 5. The van der Waals surface area contributed by atoms with Gasteiger partial charge in [-0.05, 0) is 25.0 Å². The Morgan fingerprint density at radius 2 is 1.96 bits per heavy atom. The minimum atomic E-state index is -4.48. The molecule has 6 nitrogen and oxygen atoms in total. The summed E-state index contributed by atoms with van der Waals surface area (Å²) in [6.45, 7) is -0.416. The van der Waals surface area contributed by atoms with E-state index in [-0.39, 0.29) is 36.4 Å². The molecule has 0 radical (unpaired) electrons. The smallest absolute Gasteiger partial charge is 0.422 e. The molecular formula is C16H22ClF3N2O4. The van der Waals surface area contributed by atoms with Crippen LogP contribution in [-0.4, -0.2) is 45.6 Å².